The number of carboxylic acid groups (broad SMARTS) is 1. The van der Waals surface area contributed by atoms with Gasteiger partial charge in [0, 0.05) is 23.9 Å². The van der Waals surface area contributed by atoms with E-state index in [4.69, 9.17) is 4.84 Å². The van der Waals surface area contributed by atoms with Crippen molar-refractivity contribution in [3.8, 4) is 0 Å². The lowest BCUT2D eigenvalue weighted by molar-refractivity contribution is -0.138. The number of hydroxylamine groups is 1. The molecule has 6 heteroatoms. The Hall–Kier alpha value is -2.34. The first-order chi connectivity index (χ1) is 16.8. The van der Waals surface area contributed by atoms with Crippen molar-refractivity contribution >= 4 is 17.6 Å². The summed E-state index contributed by atoms with van der Waals surface area (Å²) in [4.78, 5) is 30.9. The van der Waals surface area contributed by atoms with E-state index in [-0.39, 0.29) is 30.7 Å². The minimum Gasteiger partial charge on any atom is -0.481 e. The number of carbonyl (C=O) groups is 2. The molecule has 1 aliphatic heterocycles. The molecule has 6 nitrogen and oxygen atoms in total. The normalized spacial score (nSPS) is 24.8. The highest BCUT2D eigenvalue weighted by Crippen LogP contribution is 2.51. The molecule has 192 valence electrons. The van der Waals surface area contributed by atoms with Crippen molar-refractivity contribution in [3.05, 3.63) is 40.7 Å². The zero-order chi connectivity index (χ0) is 25.1. The van der Waals surface area contributed by atoms with Gasteiger partial charge in [-0.3, -0.25) is 9.59 Å². The Kier molecular flexibility index (Phi) is 8.20. The SMILES string of the molecule is CCc1cccc(NC(=O)CC(CC(=O)O)C2NOC(C3CC(CCC(C)C)C3)=C2C2CC2)c1C. The van der Waals surface area contributed by atoms with Gasteiger partial charge >= 0.3 is 5.97 Å². The second kappa shape index (κ2) is 11.2. The molecule has 2 aliphatic carbocycles. The molecular weight excluding hydrogens is 440 g/mol. The number of nitrogens with one attached hydrogen (secondary N) is 2. The summed E-state index contributed by atoms with van der Waals surface area (Å²) in [6.45, 7) is 8.67. The molecule has 0 radical (unpaired) electrons. The summed E-state index contributed by atoms with van der Waals surface area (Å²) in [6.07, 6.45) is 8.09. The third kappa shape index (κ3) is 6.27. The molecule has 4 rings (SSSR count). The first-order valence-corrected chi connectivity index (χ1v) is 13.5. The molecule has 1 aromatic rings. The van der Waals surface area contributed by atoms with Crippen LogP contribution in [0.15, 0.2) is 29.5 Å². The molecule has 2 fully saturated rings. The number of amides is 1. The fraction of sp³-hybridized carbons (Fsp3) is 0.655. The zero-order valence-electron chi connectivity index (χ0n) is 21.7. The Morgan fingerprint density at radius 2 is 1.91 bits per heavy atom. The quantitative estimate of drug-likeness (QED) is 0.340. The Bertz CT molecular complexity index is 959. The molecule has 1 heterocycles. The van der Waals surface area contributed by atoms with Gasteiger partial charge in [0.1, 0.15) is 5.76 Å². The fourth-order valence-corrected chi connectivity index (χ4v) is 5.85. The maximum absolute atomic E-state index is 13.1. The summed E-state index contributed by atoms with van der Waals surface area (Å²) in [6, 6.07) is 5.72. The molecule has 2 saturated carbocycles. The van der Waals surface area contributed by atoms with Crippen molar-refractivity contribution in [2.24, 2.45) is 29.6 Å². The van der Waals surface area contributed by atoms with Crippen LogP contribution in [0.2, 0.25) is 0 Å². The average molecular weight is 483 g/mol. The number of anilines is 1. The van der Waals surface area contributed by atoms with E-state index in [0.29, 0.717) is 11.8 Å². The van der Waals surface area contributed by atoms with Crippen LogP contribution in [0.3, 0.4) is 0 Å². The second-order valence-electron chi connectivity index (χ2n) is 11.4. The highest BCUT2D eigenvalue weighted by molar-refractivity contribution is 5.92. The van der Waals surface area contributed by atoms with Crippen LogP contribution in [0.4, 0.5) is 5.69 Å². The molecule has 3 N–H and O–H groups in total. The van der Waals surface area contributed by atoms with Crippen molar-refractivity contribution in [1.82, 2.24) is 5.48 Å². The van der Waals surface area contributed by atoms with E-state index in [2.05, 4.69) is 37.6 Å². The molecule has 1 amide bonds. The summed E-state index contributed by atoms with van der Waals surface area (Å²) in [5.41, 5.74) is 7.50. The molecule has 1 aromatic carbocycles. The van der Waals surface area contributed by atoms with E-state index in [0.717, 1.165) is 60.9 Å². The molecule has 35 heavy (non-hydrogen) atoms. The second-order valence-corrected chi connectivity index (χ2v) is 11.4. The smallest absolute Gasteiger partial charge is 0.303 e. The largest absolute Gasteiger partial charge is 0.481 e. The zero-order valence-corrected chi connectivity index (χ0v) is 21.7. The lowest BCUT2D eigenvalue weighted by Gasteiger charge is -2.36. The molecule has 2 atom stereocenters. The first kappa shape index (κ1) is 25.7. The van der Waals surface area contributed by atoms with Crippen molar-refractivity contribution in [1.29, 1.82) is 0 Å². The Balaban J connectivity index is 1.46. The van der Waals surface area contributed by atoms with Crippen molar-refractivity contribution in [3.63, 3.8) is 0 Å². The number of carbonyl (C=O) groups excluding carboxylic acids is 1. The standard InChI is InChI=1S/C29H42N2O4/c1-5-20-7-6-8-24(18(20)4)30-25(32)15-22(16-26(33)34)28-27(21-11-12-21)29(35-31-28)23-13-19(14-23)10-9-17(2)3/h6-8,17,19,21-23,28,31H,5,9-16H2,1-4H3,(H,30,32)(H,33,34). The molecule has 0 aromatic heterocycles. The number of hydrogen-bond donors (Lipinski definition) is 3. The summed E-state index contributed by atoms with van der Waals surface area (Å²) in [5, 5.41) is 12.7. The maximum atomic E-state index is 13.1. The predicted octanol–water partition coefficient (Wildman–Crippen LogP) is 6.01. The van der Waals surface area contributed by atoms with Gasteiger partial charge in [-0.1, -0.05) is 45.7 Å². The van der Waals surface area contributed by atoms with Gasteiger partial charge in [0.25, 0.3) is 0 Å². The summed E-state index contributed by atoms with van der Waals surface area (Å²) in [7, 11) is 0. The summed E-state index contributed by atoms with van der Waals surface area (Å²) < 4.78 is 0. The van der Waals surface area contributed by atoms with E-state index in [1.807, 2.05) is 19.1 Å². The highest BCUT2D eigenvalue weighted by Gasteiger charge is 2.46. The number of allylic oxidation sites excluding steroid dienone is 1. The Morgan fingerprint density at radius 3 is 2.54 bits per heavy atom. The third-order valence-electron chi connectivity index (χ3n) is 8.15. The summed E-state index contributed by atoms with van der Waals surface area (Å²) >= 11 is 0. The minimum absolute atomic E-state index is 0.0619. The molecule has 0 bridgehead atoms. The van der Waals surface area contributed by atoms with Gasteiger partial charge in [0.2, 0.25) is 5.91 Å². The number of aryl methyl sites for hydroxylation is 1. The number of aliphatic carboxylic acids is 1. The Labute approximate surface area is 209 Å². The van der Waals surface area contributed by atoms with Crippen LogP contribution in [0.25, 0.3) is 0 Å². The van der Waals surface area contributed by atoms with Crippen molar-refractivity contribution in [2.45, 2.75) is 91.5 Å². The predicted molar refractivity (Wildman–Crippen MR) is 138 cm³/mol. The molecular formula is C29H42N2O4. The van der Waals surface area contributed by atoms with Gasteiger partial charge in [0.05, 0.1) is 12.5 Å². The number of benzene rings is 1. The van der Waals surface area contributed by atoms with Crippen molar-refractivity contribution < 1.29 is 19.5 Å². The lowest BCUT2D eigenvalue weighted by atomic mass is 9.69. The van der Waals surface area contributed by atoms with E-state index in [9.17, 15) is 14.7 Å². The monoisotopic (exact) mass is 482 g/mol. The van der Waals surface area contributed by atoms with E-state index in [1.54, 1.807) is 0 Å². The van der Waals surface area contributed by atoms with Gasteiger partial charge < -0.3 is 15.3 Å². The first-order valence-electron chi connectivity index (χ1n) is 13.5. The van der Waals surface area contributed by atoms with Gasteiger partial charge in [-0.25, -0.2) is 0 Å². The summed E-state index contributed by atoms with van der Waals surface area (Å²) in [5.74, 6) is 2.07. The van der Waals surface area contributed by atoms with E-state index < -0.39 is 5.97 Å². The average Bonchev–Trinajstić information content (AvgIpc) is 3.52. The molecule has 3 aliphatic rings. The van der Waals surface area contributed by atoms with E-state index in [1.165, 1.54) is 24.0 Å². The number of rotatable bonds is 12. The van der Waals surface area contributed by atoms with Crippen LogP contribution in [0, 0.1) is 36.5 Å². The van der Waals surface area contributed by atoms with Crippen LogP contribution < -0.4 is 10.8 Å². The molecule has 0 saturated heterocycles. The van der Waals surface area contributed by atoms with Crippen LogP contribution in [0.5, 0.6) is 0 Å². The van der Waals surface area contributed by atoms with E-state index >= 15 is 0 Å². The maximum Gasteiger partial charge on any atom is 0.303 e. The number of carboxylic acids is 1. The van der Waals surface area contributed by atoms with Gasteiger partial charge in [-0.2, -0.15) is 0 Å². The lowest BCUT2D eigenvalue weighted by Crippen LogP contribution is -2.37. The van der Waals surface area contributed by atoms with Gasteiger partial charge in [-0.05, 0) is 79.5 Å². The Morgan fingerprint density at radius 1 is 1.17 bits per heavy atom. The van der Waals surface area contributed by atoms with Gasteiger partial charge in [0.15, 0.2) is 0 Å². The van der Waals surface area contributed by atoms with Crippen LogP contribution in [-0.2, 0) is 20.8 Å². The third-order valence-corrected chi connectivity index (χ3v) is 8.15. The highest BCUT2D eigenvalue weighted by atomic mass is 16.7. The minimum atomic E-state index is -0.880. The van der Waals surface area contributed by atoms with Crippen molar-refractivity contribution in [2.75, 3.05) is 5.32 Å². The van der Waals surface area contributed by atoms with Crippen LogP contribution >= 0.6 is 0 Å². The topological polar surface area (TPSA) is 87.7 Å². The fourth-order valence-electron chi connectivity index (χ4n) is 5.85. The number of hydrogen-bond acceptors (Lipinski definition) is 4. The molecule has 2 unspecified atom stereocenters. The van der Waals surface area contributed by atoms with Crippen LogP contribution in [0.1, 0.15) is 83.3 Å². The molecule has 0 spiro atoms. The van der Waals surface area contributed by atoms with Gasteiger partial charge in [-0.15, -0.1) is 5.48 Å². The van der Waals surface area contributed by atoms with Crippen LogP contribution in [-0.4, -0.2) is 23.0 Å².